The maximum Gasteiger partial charge on any atom is 0.214 e. The molecule has 0 bridgehead atoms. The third-order valence-corrected chi connectivity index (χ3v) is 4.84. The van der Waals surface area contributed by atoms with Crippen molar-refractivity contribution in [3.63, 3.8) is 0 Å². The number of amides is 1. The summed E-state index contributed by atoms with van der Waals surface area (Å²) in [4.78, 5) is 20.2. The number of pyridine rings is 1. The van der Waals surface area contributed by atoms with Gasteiger partial charge >= 0.3 is 0 Å². The van der Waals surface area contributed by atoms with Crippen LogP contribution in [0.15, 0.2) is 36.5 Å². The third-order valence-electron chi connectivity index (χ3n) is 4.84. The molecule has 0 aliphatic carbocycles. The molecule has 2 atom stereocenters. The van der Waals surface area contributed by atoms with Crippen LogP contribution in [-0.2, 0) is 16.1 Å². The molecule has 2 aliphatic rings. The Kier molecular flexibility index (Phi) is 4.05. The van der Waals surface area contributed by atoms with Gasteiger partial charge in [-0.05, 0) is 38.1 Å². The van der Waals surface area contributed by atoms with Crippen molar-refractivity contribution in [1.82, 2.24) is 4.98 Å². The number of rotatable bonds is 2. The molecule has 130 valence electrons. The van der Waals surface area contributed by atoms with Gasteiger partial charge in [0, 0.05) is 30.0 Å². The molecule has 0 radical (unpaired) electrons. The van der Waals surface area contributed by atoms with Gasteiger partial charge in [0.25, 0.3) is 0 Å². The van der Waals surface area contributed by atoms with Crippen molar-refractivity contribution in [1.29, 1.82) is 0 Å². The van der Waals surface area contributed by atoms with Crippen LogP contribution < -0.4 is 15.1 Å². The number of nitrogens with zero attached hydrogens (tertiary/aromatic N) is 3. The Morgan fingerprint density at radius 1 is 1.32 bits per heavy atom. The number of aromatic nitrogens is 1. The van der Waals surface area contributed by atoms with Crippen molar-refractivity contribution in [2.45, 2.75) is 32.5 Å². The van der Waals surface area contributed by atoms with E-state index in [0.29, 0.717) is 19.2 Å². The predicted octanol–water partition coefficient (Wildman–Crippen LogP) is 2.92. The largest absolute Gasteiger partial charge is 0.375 e. The molecule has 1 fully saturated rings. The fourth-order valence-corrected chi connectivity index (χ4v) is 3.47. The van der Waals surface area contributed by atoms with Crippen LogP contribution in [-0.4, -0.2) is 36.7 Å². The van der Waals surface area contributed by atoms with Crippen LogP contribution in [0.1, 0.15) is 19.4 Å². The van der Waals surface area contributed by atoms with Gasteiger partial charge in [-0.3, -0.25) is 4.79 Å². The molecule has 25 heavy (non-hydrogen) atoms. The van der Waals surface area contributed by atoms with Crippen LogP contribution in [0.3, 0.4) is 0 Å². The summed E-state index contributed by atoms with van der Waals surface area (Å²) in [5.41, 5.74) is 3.87. The summed E-state index contributed by atoms with van der Waals surface area (Å²) in [6.07, 6.45) is 2.84. The first-order valence-electron chi connectivity index (χ1n) is 8.61. The Labute approximate surface area is 147 Å². The van der Waals surface area contributed by atoms with E-state index in [9.17, 15) is 4.79 Å². The summed E-state index contributed by atoms with van der Waals surface area (Å²) in [6.45, 7) is 6.31. The highest BCUT2D eigenvalue weighted by Crippen LogP contribution is 2.37. The number of benzene rings is 1. The minimum absolute atomic E-state index is 0.198. The number of morpholine rings is 1. The summed E-state index contributed by atoms with van der Waals surface area (Å²) in [5, 5.41) is 3.36. The van der Waals surface area contributed by atoms with E-state index in [4.69, 9.17) is 4.74 Å². The standard InChI is InChI=1S/C19H22N4O2/c1-13-11-25-14(2)9-23(13)16-5-6-17-18(8-16)22(12-24)10-15-4-3-7-20-19(15)21-17/h3-8,12-14H,9-11H2,1-2H3,(H,20,21)/t13-,14-/m0/s1. The first-order valence-corrected chi connectivity index (χ1v) is 8.61. The first kappa shape index (κ1) is 15.9. The predicted molar refractivity (Wildman–Crippen MR) is 98.4 cm³/mol. The second-order valence-corrected chi connectivity index (χ2v) is 6.72. The molecule has 0 unspecified atom stereocenters. The fraction of sp³-hybridized carbons (Fsp3) is 0.368. The van der Waals surface area contributed by atoms with Gasteiger partial charge in [0.1, 0.15) is 5.82 Å². The number of anilines is 4. The van der Waals surface area contributed by atoms with Crippen LogP contribution in [0.5, 0.6) is 0 Å². The van der Waals surface area contributed by atoms with Gasteiger partial charge in [-0.25, -0.2) is 4.98 Å². The summed E-state index contributed by atoms with van der Waals surface area (Å²) in [7, 11) is 0. The average molecular weight is 338 g/mol. The van der Waals surface area contributed by atoms with E-state index < -0.39 is 0 Å². The molecular formula is C19H22N4O2. The highest BCUT2D eigenvalue weighted by atomic mass is 16.5. The lowest BCUT2D eigenvalue weighted by atomic mass is 10.1. The number of hydrogen-bond donors (Lipinski definition) is 1. The Morgan fingerprint density at radius 2 is 2.20 bits per heavy atom. The second-order valence-electron chi connectivity index (χ2n) is 6.72. The van der Waals surface area contributed by atoms with E-state index in [1.54, 1.807) is 11.1 Å². The lowest BCUT2D eigenvalue weighted by Gasteiger charge is -2.39. The normalized spacial score (nSPS) is 22.5. The van der Waals surface area contributed by atoms with Gasteiger partial charge in [-0.1, -0.05) is 6.07 Å². The first-order chi connectivity index (χ1) is 12.2. The molecule has 2 aliphatic heterocycles. The molecule has 1 aromatic heterocycles. The minimum Gasteiger partial charge on any atom is -0.375 e. The molecule has 6 nitrogen and oxygen atoms in total. The Hall–Kier alpha value is -2.60. The lowest BCUT2D eigenvalue weighted by molar-refractivity contribution is -0.107. The van der Waals surface area contributed by atoms with Crippen molar-refractivity contribution in [3.8, 4) is 0 Å². The SMILES string of the molecule is C[C@H]1CN(c2ccc3c(c2)N(C=O)Cc2cccnc2N3)[C@@H](C)CO1. The molecule has 6 heteroatoms. The molecule has 1 N–H and O–H groups in total. The summed E-state index contributed by atoms with van der Waals surface area (Å²) >= 11 is 0. The maximum atomic E-state index is 11.7. The van der Waals surface area contributed by atoms with Crippen LogP contribution >= 0.6 is 0 Å². The molecule has 3 heterocycles. The van der Waals surface area contributed by atoms with Crippen molar-refractivity contribution in [2.24, 2.45) is 0 Å². The summed E-state index contributed by atoms with van der Waals surface area (Å²) in [6, 6.07) is 10.4. The van der Waals surface area contributed by atoms with Crippen LogP contribution in [0.25, 0.3) is 0 Å². The Balaban J connectivity index is 1.73. The molecule has 2 aromatic rings. The number of hydrogen-bond acceptors (Lipinski definition) is 5. The van der Waals surface area contributed by atoms with Crippen molar-refractivity contribution in [3.05, 3.63) is 42.1 Å². The van der Waals surface area contributed by atoms with Crippen LogP contribution in [0, 0.1) is 0 Å². The zero-order valence-corrected chi connectivity index (χ0v) is 14.5. The van der Waals surface area contributed by atoms with Gasteiger partial charge in [-0.2, -0.15) is 0 Å². The van der Waals surface area contributed by atoms with Crippen LogP contribution in [0.4, 0.5) is 22.9 Å². The summed E-state index contributed by atoms with van der Waals surface area (Å²) < 4.78 is 5.73. The highest BCUT2D eigenvalue weighted by Gasteiger charge is 2.26. The number of carbonyl (C=O) groups is 1. The topological polar surface area (TPSA) is 57.7 Å². The van der Waals surface area contributed by atoms with E-state index in [1.807, 2.05) is 18.2 Å². The van der Waals surface area contributed by atoms with Crippen molar-refractivity contribution >= 4 is 29.3 Å². The van der Waals surface area contributed by atoms with E-state index in [0.717, 1.165) is 41.4 Å². The van der Waals surface area contributed by atoms with Gasteiger partial charge in [-0.15, -0.1) is 0 Å². The summed E-state index contributed by atoms with van der Waals surface area (Å²) in [5.74, 6) is 0.800. The Morgan fingerprint density at radius 3 is 3.04 bits per heavy atom. The van der Waals surface area contributed by atoms with Gasteiger partial charge in [0.05, 0.1) is 30.6 Å². The van der Waals surface area contributed by atoms with Gasteiger partial charge < -0.3 is 19.9 Å². The van der Waals surface area contributed by atoms with E-state index in [-0.39, 0.29) is 6.10 Å². The van der Waals surface area contributed by atoms with Gasteiger partial charge in [0.2, 0.25) is 6.41 Å². The van der Waals surface area contributed by atoms with E-state index in [1.165, 1.54) is 0 Å². The average Bonchev–Trinajstić information content (AvgIpc) is 2.79. The van der Waals surface area contributed by atoms with E-state index in [2.05, 4.69) is 41.2 Å². The molecular weight excluding hydrogens is 316 g/mol. The van der Waals surface area contributed by atoms with Crippen molar-refractivity contribution in [2.75, 3.05) is 28.3 Å². The molecule has 0 spiro atoms. The third kappa shape index (κ3) is 2.93. The quantitative estimate of drug-likeness (QED) is 0.853. The molecule has 1 saturated heterocycles. The molecule has 4 rings (SSSR count). The minimum atomic E-state index is 0.198. The number of fused-ring (bicyclic) bond motifs is 2. The number of ether oxygens (including phenoxy) is 1. The van der Waals surface area contributed by atoms with Crippen LogP contribution in [0.2, 0.25) is 0 Å². The molecule has 0 saturated carbocycles. The highest BCUT2D eigenvalue weighted by molar-refractivity contribution is 5.89. The maximum absolute atomic E-state index is 11.7. The van der Waals surface area contributed by atoms with Gasteiger partial charge in [0.15, 0.2) is 0 Å². The monoisotopic (exact) mass is 338 g/mol. The van der Waals surface area contributed by atoms with E-state index >= 15 is 0 Å². The smallest absolute Gasteiger partial charge is 0.214 e. The zero-order valence-electron chi connectivity index (χ0n) is 14.5. The molecule has 1 amide bonds. The lowest BCUT2D eigenvalue weighted by Crippen LogP contribution is -2.47. The number of carbonyl (C=O) groups excluding carboxylic acids is 1. The van der Waals surface area contributed by atoms with Crippen molar-refractivity contribution < 1.29 is 9.53 Å². The zero-order chi connectivity index (χ0) is 17.4. The second kappa shape index (κ2) is 6.37. The Bertz CT molecular complexity index is 795. The fourth-order valence-electron chi connectivity index (χ4n) is 3.47. The number of nitrogens with one attached hydrogen (secondary N) is 1. The molecule has 1 aromatic carbocycles.